The third-order valence-corrected chi connectivity index (χ3v) is 5.85. The van der Waals surface area contributed by atoms with Crippen LogP contribution in [-0.4, -0.2) is 69.7 Å². The summed E-state index contributed by atoms with van der Waals surface area (Å²) < 4.78 is 28.1. The summed E-state index contributed by atoms with van der Waals surface area (Å²) in [7, 11) is -0.0569. The van der Waals surface area contributed by atoms with Crippen molar-refractivity contribution < 1.29 is 13.2 Å². The predicted octanol–water partition coefficient (Wildman–Crippen LogP) is 0.278. The molecule has 0 radical (unpaired) electrons. The summed E-state index contributed by atoms with van der Waals surface area (Å²) in [6.45, 7) is 1.54. The predicted molar refractivity (Wildman–Crippen MR) is 91.5 cm³/mol. The highest BCUT2D eigenvalue weighted by atomic mass is 32.2. The fraction of sp³-hybridized carbons (Fsp3) is 0.500. The zero-order valence-corrected chi connectivity index (χ0v) is 14.7. The van der Waals surface area contributed by atoms with E-state index in [1.807, 2.05) is 11.9 Å². The van der Waals surface area contributed by atoms with Gasteiger partial charge in [-0.1, -0.05) is 12.1 Å². The van der Waals surface area contributed by atoms with Gasteiger partial charge in [0.15, 0.2) is 5.84 Å². The molecule has 1 aromatic rings. The number of rotatable bonds is 3. The van der Waals surface area contributed by atoms with Crippen LogP contribution >= 0.6 is 0 Å². The standard InChI is InChI=1S/C16H22N4O3S/c1-17-12-6-5-9-20(10-12)15(21)11-19(2)16-13-7-3-4-8-14(13)24(22,23)18-16/h3-4,7-8,12,17H,5-6,9-11H2,1-2H3. The third-order valence-electron chi connectivity index (χ3n) is 4.53. The molecule has 2 aliphatic rings. The number of nitrogens with zero attached hydrogens (tertiary/aromatic N) is 3. The molecule has 2 heterocycles. The van der Waals surface area contributed by atoms with Crippen LogP contribution in [0.1, 0.15) is 18.4 Å². The Morgan fingerprint density at radius 2 is 2.17 bits per heavy atom. The van der Waals surface area contributed by atoms with Crippen LogP contribution in [0.3, 0.4) is 0 Å². The number of piperidine rings is 1. The molecule has 1 unspecified atom stereocenters. The van der Waals surface area contributed by atoms with E-state index in [9.17, 15) is 13.2 Å². The molecule has 0 aliphatic carbocycles. The fourth-order valence-corrected chi connectivity index (χ4v) is 4.43. The van der Waals surface area contributed by atoms with Gasteiger partial charge < -0.3 is 15.1 Å². The second kappa shape index (κ2) is 6.52. The van der Waals surface area contributed by atoms with Crippen LogP contribution in [0.5, 0.6) is 0 Å². The van der Waals surface area contributed by atoms with Crippen molar-refractivity contribution in [2.75, 3.05) is 33.7 Å². The number of carbonyl (C=O) groups excluding carboxylic acids is 1. The highest BCUT2D eigenvalue weighted by molar-refractivity contribution is 7.90. The van der Waals surface area contributed by atoms with E-state index >= 15 is 0 Å². The SMILES string of the molecule is CNC1CCCN(C(=O)CN(C)C2=NS(=O)(=O)c3ccccc32)C1. The number of sulfonamides is 1. The molecule has 1 N–H and O–H groups in total. The Kier molecular flexibility index (Phi) is 4.60. The summed E-state index contributed by atoms with van der Waals surface area (Å²) in [6, 6.07) is 7.02. The molecule has 24 heavy (non-hydrogen) atoms. The molecule has 8 heteroatoms. The number of amides is 1. The van der Waals surface area contributed by atoms with E-state index in [-0.39, 0.29) is 17.3 Å². The second-order valence-corrected chi connectivity index (χ2v) is 7.78. The van der Waals surface area contributed by atoms with Crippen LogP contribution in [0, 0.1) is 0 Å². The van der Waals surface area contributed by atoms with Crippen molar-refractivity contribution in [1.82, 2.24) is 15.1 Å². The topological polar surface area (TPSA) is 82.1 Å². The Hall–Kier alpha value is -1.93. The van der Waals surface area contributed by atoms with Crippen molar-refractivity contribution in [2.24, 2.45) is 4.40 Å². The number of likely N-dealkylation sites (tertiary alicyclic amines) is 1. The molecule has 3 rings (SSSR count). The lowest BCUT2D eigenvalue weighted by Crippen LogP contribution is -2.50. The summed E-state index contributed by atoms with van der Waals surface area (Å²) in [6.07, 6.45) is 2.04. The summed E-state index contributed by atoms with van der Waals surface area (Å²) in [5.41, 5.74) is 0.555. The monoisotopic (exact) mass is 350 g/mol. The fourth-order valence-electron chi connectivity index (χ4n) is 3.18. The van der Waals surface area contributed by atoms with E-state index in [0.717, 1.165) is 19.4 Å². The van der Waals surface area contributed by atoms with Crippen LogP contribution in [-0.2, 0) is 14.8 Å². The van der Waals surface area contributed by atoms with E-state index in [1.165, 1.54) is 0 Å². The van der Waals surface area contributed by atoms with Gasteiger partial charge in [-0.25, -0.2) is 0 Å². The molecule has 1 atom stereocenters. The highest BCUT2D eigenvalue weighted by Gasteiger charge is 2.32. The van der Waals surface area contributed by atoms with Gasteiger partial charge in [0.2, 0.25) is 5.91 Å². The minimum Gasteiger partial charge on any atom is -0.349 e. The summed E-state index contributed by atoms with van der Waals surface area (Å²) in [5, 5.41) is 3.21. The average Bonchev–Trinajstić information content (AvgIpc) is 2.87. The van der Waals surface area contributed by atoms with Crippen molar-refractivity contribution in [3.8, 4) is 0 Å². The molecule has 1 saturated heterocycles. The van der Waals surface area contributed by atoms with Gasteiger partial charge in [-0.15, -0.1) is 4.40 Å². The summed E-state index contributed by atoms with van der Waals surface area (Å²) >= 11 is 0. The van der Waals surface area contributed by atoms with Crippen LogP contribution in [0.2, 0.25) is 0 Å². The first-order chi connectivity index (χ1) is 11.4. The minimum absolute atomic E-state index is 0.0121. The van der Waals surface area contributed by atoms with Crippen LogP contribution in [0.4, 0.5) is 0 Å². The van der Waals surface area contributed by atoms with Gasteiger partial charge in [-0.05, 0) is 32.0 Å². The van der Waals surface area contributed by atoms with E-state index in [1.54, 1.807) is 36.2 Å². The lowest BCUT2D eigenvalue weighted by Gasteiger charge is -2.33. The number of likely N-dealkylation sites (N-methyl/N-ethyl adjacent to an activating group) is 2. The first-order valence-corrected chi connectivity index (χ1v) is 9.47. The Labute approximate surface area is 142 Å². The first kappa shape index (κ1) is 16.9. The Morgan fingerprint density at radius 3 is 2.92 bits per heavy atom. The molecule has 0 saturated carbocycles. The number of nitrogens with one attached hydrogen (secondary N) is 1. The number of amidine groups is 1. The number of hydrogen-bond acceptors (Lipinski definition) is 5. The van der Waals surface area contributed by atoms with Gasteiger partial charge in [0.05, 0.1) is 6.54 Å². The van der Waals surface area contributed by atoms with Gasteiger partial charge in [-0.3, -0.25) is 4.79 Å². The lowest BCUT2D eigenvalue weighted by molar-refractivity contribution is -0.132. The Morgan fingerprint density at radius 1 is 1.42 bits per heavy atom. The molecule has 7 nitrogen and oxygen atoms in total. The zero-order valence-electron chi connectivity index (χ0n) is 13.9. The van der Waals surface area contributed by atoms with E-state index in [0.29, 0.717) is 24.0 Å². The van der Waals surface area contributed by atoms with Crippen molar-refractivity contribution in [1.29, 1.82) is 0 Å². The normalized spacial score (nSPS) is 22.0. The highest BCUT2D eigenvalue weighted by Crippen LogP contribution is 2.26. The number of benzene rings is 1. The van der Waals surface area contributed by atoms with Crippen LogP contribution in [0.15, 0.2) is 33.6 Å². The summed E-state index contributed by atoms with van der Waals surface area (Å²) in [4.78, 5) is 16.2. The van der Waals surface area contributed by atoms with E-state index in [4.69, 9.17) is 0 Å². The van der Waals surface area contributed by atoms with Gasteiger partial charge in [0, 0.05) is 31.7 Å². The lowest BCUT2D eigenvalue weighted by atomic mass is 10.1. The first-order valence-electron chi connectivity index (χ1n) is 8.03. The molecule has 130 valence electrons. The largest absolute Gasteiger partial charge is 0.349 e. The van der Waals surface area contributed by atoms with Crippen molar-refractivity contribution in [3.63, 3.8) is 0 Å². The van der Waals surface area contributed by atoms with Crippen LogP contribution < -0.4 is 5.32 Å². The molecule has 0 spiro atoms. The smallest absolute Gasteiger partial charge is 0.285 e. The van der Waals surface area contributed by atoms with Gasteiger partial charge in [0.25, 0.3) is 10.0 Å². The van der Waals surface area contributed by atoms with Gasteiger partial charge >= 0.3 is 0 Å². The molecule has 1 fully saturated rings. The maximum Gasteiger partial charge on any atom is 0.285 e. The Bertz CT molecular complexity index is 775. The molecule has 2 aliphatic heterocycles. The summed E-state index contributed by atoms with van der Waals surface area (Å²) in [5.74, 6) is 0.322. The molecular formula is C16H22N4O3S. The van der Waals surface area contributed by atoms with Crippen molar-refractivity contribution in [2.45, 2.75) is 23.8 Å². The number of hydrogen-bond donors (Lipinski definition) is 1. The molecule has 1 amide bonds. The zero-order chi connectivity index (χ0) is 17.3. The molecule has 1 aromatic carbocycles. The van der Waals surface area contributed by atoms with E-state index < -0.39 is 10.0 Å². The quantitative estimate of drug-likeness (QED) is 0.847. The maximum absolute atomic E-state index is 12.6. The molecule has 0 bridgehead atoms. The van der Waals surface area contributed by atoms with Crippen molar-refractivity contribution >= 4 is 21.8 Å². The van der Waals surface area contributed by atoms with Crippen molar-refractivity contribution in [3.05, 3.63) is 29.8 Å². The third kappa shape index (κ3) is 3.16. The van der Waals surface area contributed by atoms with Gasteiger partial charge in [-0.2, -0.15) is 8.42 Å². The van der Waals surface area contributed by atoms with Gasteiger partial charge in [0.1, 0.15) is 4.90 Å². The van der Waals surface area contributed by atoms with E-state index in [2.05, 4.69) is 9.71 Å². The minimum atomic E-state index is -3.66. The molecule has 0 aromatic heterocycles. The number of fused-ring (bicyclic) bond motifs is 1. The van der Waals surface area contributed by atoms with Crippen LogP contribution in [0.25, 0.3) is 0 Å². The number of carbonyl (C=O) groups is 1. The second-order valence-electron chi connectivity index (χ2n) is 6.21. The molecular weight excluding hydrogens is 328 g/mol. The Balaban J connectivity index is 1.74. The average molecular weight is 350 g/mol. The maximum atomic E-state index is 12.6.